The lowest BCUT2D eigenvalue weighted by Gasteiger charge is -2.17. The molecule has 0 saturated carbocycles. The van der Waals surface area contributed by atoms with Crippen LogP contribution in [0.1, 0.15) is 24.5 Å². The maximum Gasteiger partial charge on any atom is 0.243 e. The van der Waals surface area contributed by atoms with Gasteiger partial charge in [-0.3, -0.25) is 0 Å². The maximum atomic E-state index is 12.5. The summed E-state index contributed by atoms with van der Waals surface area (Å²) in [6.45, 7) is 7.08. The average Bonchev–Trinajstić information content (AvgIpc) is 2.72. The number of anilines is 1. The second kappa shape index (κ2) is 4.55. The third-order valence-electron chi connectivity index (χ3n) is 3.71. The van der Waals surface area contributed by atoms with E-state index < -0.39 is 10.0 Å². The lowest BCUT2D eigenvalue weighted by Crippen LogP contribution is -2.28. The Morgan fingerprint density at radius 1 is 1.33 bits per heavy atom. The molecule has 2 rings (SSSR count). The minimum atomic E-state index is -3.38. The molecule has 5 heteroatoms. The second-order valence-corrected chi connectivity index (χ2v) is 7.15. The van der Waals surface area contributed by atoms with Crippen LogP contribution in [0.4, 0.5) is 5.69 Å². The topological polar surface area (TPSA) is 63.4 Å². The van der Waals surface area contributed by atoms with Crippen molar-refractivity contribution in [1.29, 1.82) is 0 Å². The van der Waals surface area contributed by atoms with E-state index in [1.165, 1.54) is 0 Å². The van der Waals surface area contributed by atoms with Crippen molar-refractivity contribution >= 4 is 15.7 Å². The van der Waals surface area contributed by atoms with Gasteiger partial charge in [0.05, 0.1) is 4.90 Å². The molecule has 18 heavy (non-hydrogen) atoms. The van der Waals surface area contributed by atoms with Gasteiger partial charge in [-0.15, -0.1) is 0 Å². The molecule has 1 unspecified atom stereocenters. The van der Waals surface area contributed by atoms with Gasteiger partial charge in [-0.1, -0.05) is 6.92 Å². The molecule has 0 bridgehead atoms. The number of hydrogen-bond acceptors (Lipinski definition) is 3. The zero-order valence-corrected chi connectivity index (χ0v) is 11.9. The van der Waals surface area contributed by atoms with Gasteiger partial charge in [-0.25, -0.2) is 8.42 Å². The highest BCUT2D eigenvalue weighted by atomic mass is 32.2. The number of nitrogen functional groups attached to an aromatic ring is 1. The quantitative estimate of drug-likeness (QED) is 0.833. The van der Waals surface area contributed by atoms with Crippen molar-refractivity contribution < 1.29 is 8.42 Å². The van der Waals surface area contributed by atoms with Crippen molar-refractivity contribution in [1.82, 2.24) is 4.31 Å². The van der Waals surface area contributed by atoms with E-state index in [0.29, 0.717) is 29.6 Å². The number of hydrogen-bond donors (Lipinski definition) is 1. The molecule has 100 valence electrons. The van der Waals surface area contributed by atoms with Gasteiger partial charge < -0.3 is 5.73 Å². The van der Waals surface area contributed by atoms with Crippen LogP contribution in [0.15, 0.2) is 17.0 Å². The molecule has 1 fully saturated rings. The van der Waals surface area contributed by atoms with Crippen molar-refractivity contribution in [2.24, 2.45) is 5.92 Å². The molecule has 1 aromatic carbocycles. The fourth-order valence-electron chi connectivity index (χ4n) is 2.26. The number of rotatable bonds is 2. The molecule has 4 nitrogen and oxygen atoms in total. The van der Waals surface area contributed by atoms with E-state index in [9.17, 15) is 8.42 Å². The first kappa shape index (κ1) is 13.4. The van der Waals surface area contributed by atoms with Gasteiger partial charge in [0.15, 0.2) is 0 Å². The van der Waals surface area contributed by atoms with Crippen LogP contribution in [0, 0.1) is 19.8 Å². The van der Waals surface area contributed by atoms with Crippen molar-refractivity contribution in [3.63, 3.8) is 0 Å². The summed E-state index contributed by atoms with van der Waals surface area (Å²) in [6.07, 6.45) is 0.930. The van der Waals surface area contributed by atoms with Crippen LogP contribution in [0.2, 0.25) is 0 Å². The van der Waals surface area contributed by atoms with E-state index >= 15 is 0 Å². The van der Waals surface area contributed by atoms with E-state index in [2.05, 4.69) is 6.92 Å². The third kappa shape index (κ3) is 2.24. The molecule has 0 spiro atoms. The van der Waals surface area contributed by atoms with E-state index in [4.69, 9.17) is 5.73 Å². The van der Waals surface area contributed by atoms with Crippen LogP contribution >= 0.6 is 0 Å². The van der Waals surface area contributed by atoms with Crippen LogP contribution in [-0.2, 0) is 10.0 Å². The Labute approximate surface area is 109 Å². The second-order valence-electron chi connectivity index (χ2n) is 5.21. The zero-order chi connectivity index (χ0) is 13.5. The number of aryl methyl sites for hydroxylation is 1. The summed E-state index contributed by atoms with van der Waals surface area (Å²) < 4.78 is 26.5. The molecule has 1 aliphatic rings. The maximum absolute atomic E-state index is 12.5. The number of benzene rings is 1. The van der Waals surface area contributed by atoms with Gasteiger partial charge in [0.1, 0.15) is 0 Å². The average molecular weight is 268 g/mol. The largest absolute Gasteiger partial charge is 0.398 e. The summed E-state index contributed by atoms with van der Waals surface area (Å²) in [5.74, 6) is 0.434. The van der Waals surface area contributed by atoms with Crippen LogP contribution in [-0.4, -0.2) is 25.8 Å². The SMILES string of the molecule is Cc1cc(S(=O)(=O)N2CCC(C)C2)cc(N)c1C. The van der Waals surface area contributed by atoms with Gasteiger partial charge in [-0.2, -0.15) is 4.31 Å². The zero-order valence-electron chi connectivity index (χ0n) is 11.1. The van der Waals surface area contributed by atoms with Crippen molar-refractivity contribution in [3.05, 3.63) is 23.3 Å². The van der Waals surface area contributed by atoms with E-state index in [1.54, 1.807) is 16.4 Å². The normalized spacial score (nSPS) is 21.4. The number of sulfonamides is 1. The van der Waals surface area contributed by atoms with Crippen LogP contribution < -0.4 is 5.73 Å². The van der Waals surface area contributed by atoms with E-state index in [0.717, 1.165) is 17.5 Å². The summed E-state index contributed by atoms with van der Waals surface area (Å²) in [6, 6.07) is 3.28. The van der Waals surface area contributed by atoms with Crippen LogP contribution in [0.3, 0.4) is 0 Å². The van der Waals surface area contributed by atoms with Gasteiger partial charge in [0, 0.05) is 18.8 Å². The molecule has 0 amide bonds. The van der Waals surface area contributed by atoms with Crippen LogP contribution in [0.5, 0.6) is 0 Å². The van der Waals surface area contributed by atoms with Crippen molar-refractivity contribution in [2.75, 3.05) is 18.8 Å². The molecular formula is C13H20N2O2S. The minimum absolute atomic E-state index is 0.317. The van der Waals surface area contributed by atoms with Gasteiger partial charge in [0.25, 0.3) is 0 Å². The minimum Gasteiger partial charge on any atom is -0.398 e. The molecule has 2 N–H and O–H groups in total. The third-order valence-corrected chi connectivity index (χ3v) is 5.55. The Bertz CT molecular complexity index is 543. The molecule has 1 saturated heterocycles. The fraction of sp³-hybridized carbons (Fsp3) is 0.538. The highest BCUT2D eigenvalue weighted by Crippen LogP contribution is 2.27. The Morgan fingerprint density at radius 3 is 2.50 bits per heavy atom. The molecular weight excluding hydrogens is 248 g/mol. The Hall–Kier alpha value is -1.07. The smallest absolute Gasteiger partial charge is 0.243 e. The predicted molar refractivity (Wildman–Crippen MR) is 72.9 cm³/mol. The molecule has 1 atom stereocenters. The monoisotopic (exact) mass is 268 g/mol. The molecule has 0 aliphatic carbocycles. The molecule has 0 aromatic heterocycles. The highest BCUT2D eigenvalue weighted by molar-refractivity contribution is 7.89. The first-order valence-electron chi connectivity index (χ1n) is 6.19. The highest BCUT2D eigenvalue weighted by Gasteiger charge is 2.30. The molecule has 0 radical (unpaired) electrons. The fourth-order valence-corrected chi connectivity index (χ4v) is 3.96. The molecule has 1 aliphatic heterocycles. The number of nitrogens with two attached hydrogens (primary N) is 1. The van der Waals surface area contributed by atoms with Crippen molar-refractivity contribution in [3.8, 4) is 0 Å². The van der Waals surface area contributed by atoms with Gasteiger partial charge >= 0.3 is 0 Å². The van der Waals surface area contributed by atoms with Crippen molar-refractivity contribution in [2.45, 2.75) is 32.1 Å². The van der Waals surface area contributed by atoms with Crippen LogP contribution in [0.25, 0.3) is 0 Å². The standard InChI is InChI=1S/C13H20N2O2S/c1-9-4-5-15(8-9)18(16,17)12-6-10(2)11(3)13(14)7-12/h6-7,9H,4-5,8,14H2,1-3H3. The number of nitrogens with zero attached hydrogens (tertiary/aromatic N) is 1. The summed E-state index contributed by atoms with van der Waals surface area (Å²) in [7, 11) is -3.38. The first-order valence-corrected chi connectivity index (χ1v) is 7.63. The van der Waals surface area contributed by atoms with E-state index in [-0.39, 0.29) is 0 Å². The summed E-state index contributed by atoms with van der Waals surface area (Å²) in [5.41, 5.74) is 8.27. The summed E-state index contributed by atoms with van der Waals surface area (Å²) in [4.78, 5) is 0.317. The lowest BCUT2D eigenvalue weighted by molar-refractivity contribution is 0.464. The lowest BCUT2D eigenvalue weighted by atomic mass is 10.1. The Morgan fingerprint density at radius 2 is 2.00 bits per heavy atom. The van der Waals surface area contributed by atoms with Gasteiger partial charge in [0.2, 0.25) is 10.0 Å². The first-order chi connectivity index (χ1) is 8.32. The Kier molecular flexibility index (Phi) is 3.38. The van der Waals surface area contributed by atoms with E-state index in [1.807, 2.05) is 13.8 Å². The predicted octanol–water partition coefficient (Wildman–Crippen LogP) is 1.92. The summed E-state index contributed by atoms with van der Waals surface area (Å²) >= 11 is 0. The molecule has 1 heterocycles. The Balaban J connectivity index is 2.42. The molecule has 1 aromatic rings. The summed E-state index contributed by atoms with van der Waals surface area (Å²) in [5, 5.41) is 0. The van der Waals surface area contributed by atoms with Gasteiger partial charge in [-0.05, 0) is 49.4 Å².